The first-order valence-electron chi connectivity index (χ1n) is 8.73. The number of H-pyrrole nitrogens is 1. The molecule has 0 aliphatic carbocycles. The third-order valence-corrected chi connectivity index (χ3v) is 4.64. The smallest absolute Gasteiger partial charge is 0.255 e. The van der Waals surface area contributed by atoms with Crippen molar-refractivity contribution in [3.63, 3.8) is 0 Å². The number of nitrogens with one attached hydrogen (secondary N) is 1. The van der Waals surface area contributed by atoms with E-state index in [0.29, 0.717) is 25.3 Å². The van der Waals surface area contributed by atoms with Crippen molar-refractivity contribution < 1.29 is 9.84 Å². The summed E-state index contributed by atoms with van der Waals surface area (Å²) in [4.78, 5) is 22.2. The van der Waals surface area contributed by atoms with Crippen molar-refractivity contribution in [1.29, 1.82) is 0 Å². The van der Waals surface area contributed by atoms with Gasteiger partial charge in [0.15, 0.2) is 0 Å². The molecule has 0 unspecified atom stereocenters. The second kappa shape index (κ2) is 7.80. The largest absolute Gasteiger partial charge is 0.497 e. The Bertz CT molecular complexity index is 788. The van der Waals surface area contributed by atoms with Gasteiger partial charge in [-0.05, 0) is 24.1 Å². The third kappa shape index (κ3) is 4.27. The van der Waals surface area contributed by atoms with Crippen molar-refractivity contribution in [1.82, 2.24) is 14.9 Å². The first-order chi connectivity index (χ1) is 12.1. The number of aliphatic hydroxyl groups is 1. The number of ether oxygens (including phenoxy) is 1. The van der Waals surface area contributed by atoms with Crippen LogP contribution < -0.4 is 10.3 Å². The summed E-state index contributed by atoms with van der Waals surface area (Å²) < 4.78 is 5.24. The lowest BCUT2D eigenvalue weighted by Crippen LogP contribution is -2.40. The molecule has 1 aliphatic heterocycles. The zero-order chi connectivity index (χ0) is 17.8. The molecule has 0 saturated heterocycles. The number of β-amino-alcohol motifs (C(OH)–C–C–N with tert-alkyl or cyclic N) is 1. The maximum atomic E-state index is 12.5. The van der Waals surface area contributed by atoms with Gasteiger partial charge < -0.3 is 14.8 Å². The molecule has 0 radical (unpaired) electrons. The van der Waals surface area contributed by atoms with Gasteiger partial charge in [-0.25, -0.2) is 4.98 Å². The first kappa shape index (κ1) is 17.6. The van der Waals surface area contributed by atoms with Crippen molar-refractivity contribution >= 4 is 0 Å². The Kier molecular flexibility index (Phi) is 5.50. The molecule has 2 N–H and O–H groups in total. The van der Waals surface area contributed by atoms with E-state index in [4.69, 9.17) is 4.74 Å². The van der Waals surface area contributed by atoms with Gasteiger partial charge in [-0.2, -0.15) is 0 Å². The zero-order valence-corrected chi connectivity index (χ0v) is 14.8. The Labute approximate surface area is 147 Å². The van der Waals surface area contributed by atoms with Crippen molar-refractivity contribution in [2.75, 3.05) is 20.2 Å². The first-order valence-corrected chi connectivity index (χ1v) is 8.73. The number of aromatic amines is 1. The van der Waals surface area contributed by atoms with Crippen molar-refractivity contribution in [3.8, 4) is 5.75 Å². The van der Waals surface area contributed by atoms with Gasteiger partial charge in [0, 0.05) is 32.5 Å². The molecule has 134 valence electrons. The summed E-state index contributed by atoms with van der Waals surface area (Å²) in [5.41, 5.74) is 2.58. The molecule has 0 bridgehead atoms. The number of nitrogens with zero attached hydrogens (tertiary/aromatic N) is 2. The van der Waals surface area contributed by atoms with E-state index in [9.17, 15) is 9.90 Å². The highest BCUT2D eigenvalue weighted by Gasteiger charge is 2.22. The van der Waals surface area contributed by atoms with Crippen LogP contribution in [0.15, 0.2) is 29.1 Å². The monoisotopic (exact) mass is 343 g/mol. The molecule has 0 fully saturated rings. The third-order valence-electron chi connectivity index (χ3n) is 4.64. The molecule has 2 aromatic rings. The summed E-state index contributed by atoms with van der Waals surface area (Å²) in [6, 6.07) is 7.77. The molecule has 1 aromatic carbocycles. The van der Waals surface area contributed by atoms with Gasteiger partial charge in [0.1, 0.15) is 11.6 Å². The SMILES string of the molecule is CC[C@@H](O)CN1CCc2nc(Cc3cccc(OC)c3)[nH]c(=O)c2C1. The molecule has 6 nitrogen and oxygen atoms in total. The fourth-order valence-corrected chi connectivity index (χ4v) is 3.17. The van der Waals surface area contributed by atoms with Crippen LogP contribution in [0.2, 0.25) is 0 Å². The minimum Gasteiger partial charge on any atom is -0.497 e. The fraction of sp³-hybridized carbons (Fsp3) is 0.474. The van der Waals surface area contributed by atoms with Crippen LogP contribution in [0.3, 0.4) is 0 Å². The molecular formula is C19H25N3O3. The number of rotatable bonds is 6. The van der Waals surface area contributed by atoms with Crippen LogP contribution >= 0.6 is 0 Å². The quantitative estimate of drug-likeness (QED) is 0.831. The normalized spacial score (nSPS) is 15.6. The molecule has 0 amide bonds. The van der Waals surface area contributed by atoms with E-state index < -0.39 is 0 Å². The van der Waals surface area contributed by atoms with Gasteiger partial charge in [-0.1, -0.05) is 19.1 Å². The summed E-state index contributed by atoms with van der Waals surface area (Å²) in [6.45, 7) is 3.93. The zero-order valence-electron chi connectivity index (χ0n) is 14.8. The van der Waals surface area contributed by atoms with E-state index in [1.54, 1.807) is 7.11 Å². The predicted octanol–water partition coefficient (Wildman–Crippen LogP) is 1.50. The van der Waals surface area contributed by atoms with Crippen LogP contribution in [0.5, 0.6) is 5.75 Å². The second-order valence-electron chi connectivity index (χ2n) is 6.51. The van der Waals surface area contributed by atoms with Gasteiger partial charge >= 0.3 is 0 Å². The molecule has 6 heteroatoms. The van der Waals surface area contributed by atoms with Crippen molar-refractivity contribution in [3.05, 3.63) is 57.3 Å². The molecule has 0 spiro atoms. The molecular weight excluding hydrogens is 318 g/mol. The topological polar surface area (TPSA) is 78.5 Å². The minimum absolute atomic E-state index is 0.0708. The summed E-state index contributed by atoms with van der Waals surface area (Å²) in [5.74, 6) is 1.47. The Balaban J connectivity index is 1.77. The van der Waals surface area contributed by atoms with Crippen LogP contribution in [0.1, 0.15) is 36.0 Å². The summed E-state index contributed by atoms with van der Waals surface area (Å²) in [6.07, 6.45) is 1.68. The van der Waals surface area contributed by atoms with Crippen molar-refractivity contribution in [2.45, 2.75) is 38.8 Å². The van der Waals surface area contributed by atoms with E-state index in [-0.39, 0.29) is 11.7 Å². The fourth-order valence-electron chi connectivity index (χ4n) is 3.17. The van der Waals surface area contributed by atoms with Gasteiger partial charge in [0.2, 0.25) is 0 Å². The Morgan fingerprint density at radius 3 is 3.04 bits per heavy atom. The summed E-state index contributed by atoms with van der Waals surface area (Å²) in [5, 5.41) is 9.82. The Morgan fingerprint density at radius 2 is 2.28 bits per heavy atom. The van der Waals surface area contributed by atoms with E-state index in [1.165, 1.54) is 0 Å². The van der Waals surface area contributed by atoms with Gasteiger partial charge in [-0.15, -0.1) is 0 Å². The molecule has 1 atom stereocenters. The Hall–Kier alpha value is -2.18. The van der Waals surface area contributed by atoms with Crippen molar-refractivity contribution in [2.24, 2.45) is 0 Å². The molecule has 1 aliphatic rings. The van der Waals surface area contributed by atoms with Gasteiger partial charge in [0.25, 0.3) is 5.56 Å². The predicted molar refractivity (Wildman–Crippen MR) is 95.9 cm³/mol. The summed E-state index contributed by atoms with van der Waals surface area (Å²) >= 11 is 0. The highest BCUT2D eigenvalue weighted by Crippen LogP contribution is 2.17. The number of methoxy groups -OCH3 is 1. The number of benzene rings is 1. The number of fused-ring (bicyclic) bond motifs is 1. The highest BCUT2D eigenvalue weighted by molar-refractivity contribution is 5.31. The van der Waals surface area contributed by atoms with E-state index in [1.807, 2.05) is 31.2 Å². The lowest BCUT2D eigenvalue weighted by Gasteiger charge is -2.29. The maximum Gasteiger partial charge on any atom is 0.255 e. The van der Waals surface area contributed by atoms with E-state index in [0.717, 1.165) is 42.0 Å². The second-order valence-corrected chi connectivity index (χ2v) is 6.51. The number of hydrogen-bond acceptors (Lipinski definition) is 5. The molecule has 25 heavy (non-hydrogen) atoms. The average molecular weight is 343 g/mol. The summed E-state index contributed by atoms with van der Waals surface area (Å²) in [7, 11) is 1.64. The Morgan fingerprint density at radius 1 is 1.44 bits per heavy atom. The van der Waals surface area contributed by atoms with Crippen LogP contribution in [0.25, 0.3) is 0 Å². The molecule has 3 rings (SSSR count). The average Bonchev–Trinajstić information content (AvgIpc) is 2.62. The van der Waals surface area contributed by atoms with Gasteiger partial charge in [0.05, 0.1) is 24.5 Å². The minimum atomic E-state index is -0.346. The molecule has 2 heterocycles. The highest BCUT2D eigenvalue weighted by atomic mass is 16.5. The lowest BCUT2D eigenvalue weighted by atomic mass is 10.1. The maximum absolute atomic E-state index is 12.5. The number of hydrogen-bond donors (Lipinski definition) is 2. The van der Waals surface area contributed by atoms with E-state index >= 15 is 0 Å². The molecule has 0 saturated carbocycles. The molecule has 1 aromatic heterocycles. The van der Waals surface area contributed by atoms with Crippen LogP contribution in [-0.2, 0) is 19.4 Å². The standard InChI is InChI=1S/C19H25N3O3/c1-3-14(23)11-22-8-7-17-16(12-22)19(24)21-18(20-17)10-13-5-4-6-15(9-13)25-2/h4-6,9,14,23H,3,7-8,10-12H2,1-2H3,(H,20,21,24)/t14-/m1/s1. The number of aliphatic hydroxyl groups excluding tert-OH is 1. The van der Waals surface area contributed by atoms with Gasteiger partial charge in [-0.3, -0.25) is 9.69 Å². The van der Waals surface area contributed by atoms with Crippen LogP contribution in [-0.4, -0.2) is 46.3 Å². The van der Waals surface area contributed by atoms with Crippen LogP contribution in [0.4, 0.5) is 0 Å². The van der Waals surface area contributed by atoms with E-state index in [2.05, 4.69) is 14.9 Å². The lowest BCUT2D eigenvalue weighted by molar-refractivity contribution is 0.102. The number of aromatic nitrogens is 2. The van der Waals surface area contributed by atoms with Crippen LogP contribution in [0, 0.1) is 0 Å².